The number of nitrogens with zero attached hydrogens (tertiary/aromatic N) is 1. The highest BCUT2D eigenvalue weighted by Gasteiger charge is 2.16. The molecule has 0 fully saturated rings. The number of nitrogens with one attached hydrogen (secondary N) is 1. The minimum atomic E-state index is 0.558. The molecule has 0 spiro atoms. The molecule has 0 atom stereocenters. The van der Waals surface area contributed by atoms with Crippen molar-refractivity contribution in [1.82, 2.24) is 9.97 Å². The van der Waals surface area contributed by atoms with E-state index in [2.05, 4.69) is 9.97 Å². The highest BCUT2D eigenvalue weighted by Crippen LogP contribution is 2.40. The number of nitrogens with two attached hydrogens (primary N) is 1. The summed E-state index contributed by atoms with van der Waals surface area (Å²) >= 11 is 1.49. The summed E-state index contributed by atoms with van der Waals surface area (Å²) in [6.45, 7) is 1.12. The summed E-state index contributed by atoms with van der Waals surface area (Å²) < 4.78 is 11.1. The van der Waals surface area contributed by atoms with Crippen LogP contribution in [-0.2, 0) is 0 Å². The molecule has 2 heterocycles. The van der Waals surface area contributed by atoms with Gasteiger partial charge < -0.3 is 20.2 Å². The van der Waals surface area contributed by atoms with E-state index in [1.165, 1.54) is 11.8 Å². The maximum atomic E-state index is 6.09. The van der Waals surface area contributed by atoms with Crippen molar-refractivity contribution in [2.24, 2.45) is 0 Å². The van der Waals surface area contributed by atoms with Crippen molar-refractivity contribution in [2.75, 3.05) is 18.9 Å². The second-order valence-electron chi connectivity index (χ2n) is 4.69. The highest BCUT2D eigenvalue weighted by atomic mass is 32.2. The van der Waals surface area contributed by atoms with Crippen molar-refractivity contribution in [2.45, 2.75) is 10.1 Å². The van der Waals surface area contributed by atoms with Crippen LogP contribution in [0.4, 0.5) is 5.69 Å². The Kier molecular flexibility index (Phi) is 2.89. The quantitative estimate of drug-likeness (QED) is 0.711. The molecule has 0 radical (unpaired) electrons. The van der Waals surface area contributed by atoms with Crippen molar-refractivity contribution in [3.8, 4) is 11.5 Å². The molecule has 0 bridgehead atoms. The molecule has 2 aromatic carbocycles. The second-order valence-corrected chi connectivity index (χ2v) is 5.73. The van der Waals surface area contributed by atoms with Crippen LogP contribution in [0.2, 0.25) is 0 Å². The summed E-state index contributed by atoms with van der Waals surface area (Å²) in [6.07, 6.45) is 0. The molecule has 1 aliphatic heterocycles. The van der Waals surface area contributed by atoms with Gasteiger partial charge in [-0.05, 0) is 23.9 Å². The molecule has 1 aromatic heterocycles. The highest BCUT2D eigenvalue weighted by molar-refractivity contribution is 7.99. The third-order valence-electron chi connectivity index (χ3n) is 3.25. The zero-order chi connectivity index (χ0) is 14.2. The Labute approximate surface area is 125 Å². The number of hydrogen-bond donors (Lipinski definition) is 2. The third-order valence-corrected chi connectivity index (χ3v) is 4.21. The van der Waals surface area contributed by atoms with E-state index in [0.717, 1.165) is 26.8 Å². The fraction of sp³-hybridized carbons (Fsp3) is 0.133. The van der Waals surface area contributed by atoms with Crippen LogP contribution in [0.25, 0.3) is 11.0 Å². The lowest BCUT2D eigenvalue weighted by Crippen LogP contribution is -2.15. The summed E-state index contributed by atoms with van der Waals surface area (Å²) in [7, 11) is 0. The minimum Gasteiger partial charge on any atom is -0.486 e. The number of ether oxygens (including phenoxy) is 2. The lowest BCUT2D eigenvalue weighted by Gasteiger charge is -2.19. The number of hydrogen-bond acceptors (Lipinski definition) is 5. The monoisotopic (exact) mass is 299 g/mol. The number of para-hydroxylation sites is 2. The van der Waals surface area contributed by atoms with Crippen LogP contribution < -0.4 is 15.2 Å². The molecule has 1 aliphatic rings. The molecule has 3 aromatic rings. The van der Waals surface area contributed by atoms with Gasteiger partial charge in [0, 0.05) is 22.7 Å². The van der Waals surface area contributed by atoms with Gasteiger partial charge in [-0.1, -0.05) is 12.1 Å². The average Bonchev–Trinajstić information content (AvgIpc) is 2.90. The number of anilines is 1. The Balaban J connectivity index is 1.70. The van der Waals surface area contributed by atoms with E-state index >= 15 is 0 Å². The van der Waals surface area contributed by atoms with Crippen LogP contribution in [0.1, 0.15) is 0 Å². The fourth-order valence-corrected chi connectivity index (χ4v) is 3.11. The van der Waals surface area contributed by atoms with Crippen molar-refractivity contribution in [3.63, 3.8) is 0 Å². The van der Waals surface area contributed by atoms with Crippen LogP contribution in [0.3, 0.4) is 0 Å². The van der Waals surface area contributed by atoms with Gasteiger partial charge in [-0.25, -0.2) is 4.98 Å². The van der Waals surface area contributed by atoms with Crippen LogP contribution >= 0.6 is 11.8 Å². The van der Waals surface area contributed by atoms with Gasteiger partial charge in [0.05, 0.1) is 11.0 Å². The number of H-pyrrole nitrogens is 1. The van der Waals surface area contributed by atoms with Crippen LogP contribution in [-0.4, -0.2) is 23.2 Å². The topological polar surface area (TPSA) is 73.2 Å². The second kappa shape index (κ2) is 4.89. The average molecular weight is 299 g/mol. The zero-order valence-electron chi connectivity index (χ0n) is 11.1. The molecule has 106 valence electrons. The van der Waals surface area contributed by atoms with E-state index in [4.69, 9.17) is 15.2 Å². The van der Waals surface area contributed by atoms with E-state index < -0.39 is 0 Å². The molecule has 4 rings (SSSR count). The zero-order valence-corrected chi connectivity index (χ0v) is 11.9. The SMILES string of the molecule is Nc1cc2c(cc1Sc1nc3ccccc3[nH]1)OCCO2. The molecule has 0 aliphatic carbocycles. The molecule has 5 nitrogen and oxygen atoms in total. The van der Waals surface area contributed by atoms with E-state index in [9.17, 15) is 0 Å². The fourth-order valence-electron chi connectivity index (χ4n) is 2.26. The first kappa shape index (κ1) is 12.4. The van der Waals surface area contributed by atoms with Crippen molar-refractivity contribution in [1.29, 1.82) is 0 Å². The van der Waals surface area contributed by atoms with Crippen molar-refractivity contribution < 1.29 is 9.47 Å². The van der Waals surface area contributed by atoms with E-state index in [0.29, 0.717) is 24.7 Å². The Bertz CT molecular complexity index is 783. The molecule has 0 saturated carbocycles. The predicted octanol–water partition coefficient (Wildman–Crippen LogP) is 3.07. The van der Waals surface area contributed by atoms with Crippen molar-refractivity contribution >= 4 is 28.5 Å². The number of rotatable bonds is 2. The third kappa shape index (κ3) is 2.27. The Morgan fingerprint density at radius 1 is 1.10 bits per heavy atom. The lowest BCUT2D eigenvalue weighted by atomic mass is 10.2. The maximum absolute atomic E-state index is 6.09. The van der Waals surface area contributed by atoms with Gasteiger partial charge in [0.25, 0.3) is 0 Å². The number of fused-ring (bicyclic) bond motifs is 2. The van der Waals surface area contributed by atoms with Crippen LogP contribution in [0.5, 0.6) is 11.5 Å². The smallest absolute Gasteiger partial charge is 0.171 e. The van der Waals surface area contributed by atoms with E-state index in [1.807, 2.05) is 30.3 Å². The van der Waals surface area contributed by atoms with Crippen molar-refractivity contribution in [3.05, 3.63) is 36.4 Å². The molecule has 6 heteroatoms. The Hall–Kier alpha value is -2.34. The molecule has 0 amide bonds. The molecule has 3 N–H and O–H groups in total. The first-order valence-electron chi connectivity index (χ1n) is 6.61. The number of nitrogen functional groups attached to an aromatic ring is 1. The van der Waals surface area contributed by atoms with Gasteiger partial charge in [0.15, 0.2) is 16.7 Å². The van der Waals surface area contributed by atoms with Gasteiger partial charge in [-0.15, -0.1) is 0 Å². The normalized spacial score (nSPS) is 13.5. The number of aromatic nitrogens is 2. The Morgan fingerprint density at radius 2 is 1.86 bits per heavy atom. The summed E-state index contributed by atoms with van der Waals surface area (Å²) in [5, 5.41) is 0.805. The van der Waals surface area contributed by atoms with Gasteiger partial charge in [-0.3, -0.25) is 0 Å². The first-order valence-corrected chi connectivity index (χ1v) is 7.43. The van der Waals surface area contributed by atoms with E-state index in [-0.39, 0.29) is 0 Å². The summed E-state index contributed by atoms with van der Waals surface area (Å²) in [4.78, 5) is 8.72. The van der Waals surface area contributed by atoms with Gasteiger partial charge >= 0.3 is 0 Å². The summed E-state index contributed by atoms with van der Waals surface area (Å²) in [6, 6.07) is 11.6. The van der Waals surface area contributed by atoms with Gasteiger partial charge in [0.1, 0.15) is 13.2 Å². The Morgan fingerprint density at radius 3 is 2.67 bits per heavy atom. The number of imidazole rings is 1. The summed E-state index contributed by atoms with van der Waals surface area (Å²) in [5.41, 5.74) is 8.70. The van der Waals surface area contributed by atoms with Gasteiger partial charge in [-0.2, -0.15) is 0 Å². The molecular formula is C15H13N3O2S. The van der Waals surface area contributed by atoms with E-state index in [1.54, 1.807) is 6.07 Å². The molecular weight excluding hydrogens is 286 g/mol. The number of benzene rings is 2. The standard InChI is InChI=1S/C15H13N3O2S/c16-9-7-12-13(20-6-5-19-12)8-14(9)21-15-17-10-3-1-2-4-11(10)18-15/h1-4,7-8H,5-6,16H2,(H,17,18). The molecule has 0 saturated heterocycles. The minimum absolute atomic E-state index is 0.558. The van der Waals surface area contributed by atoms with Crippen LogP contribution in [0, 0.1) is 0 Å². The maximum Gasteiger partial charge on any atom is 0.171 e. The molecule has 21 heavy (non-hydrogen) atoms. The number of aromatic amines is 1. The van der Waals surface area contributed by atoms with Gasteiger partial charge in [0.2, 0.25) is 0 Å². The molecule has 0 unspecified atom stereocenters. The summed E-state index contributed by atoms with van der Waals surface area (Å²) in [5.74, 6) is 1.43. The lowest BCUT2D eigenvalue weighted by molar-refractivity contribution is 0.171. The first-order chi connectivity index (χ1) is 10.3. The predicted molar refractivity (Wildman–Crippen MR) is 82.1 cm³/mol. The van der Waals surface area contributed by atoms with Crippen LogP contribution in [0.15, 0.2) is 46.5 Å². The largest absolute Gasteiger partial charge is 0.486 e.